The van der Waals surface area contributed by atoms with E-state index in [0.717, 1.165) is 69.8 Å². The van der Waals surface area contributed by atoms with Gasteiger partial charge in [0.25, 0.3) is 0 Å². The van der Waals surface area contributed by atoms with E-state index >= 15 is 0 Å². The fourth-order valence-electron chi connectivity index (χ4n) is 6.89. The van der Waals surface area contributed by atoms with Gasteiger partial charge in [-0.25, -0.2) is 4.98 Å². The van der Waals surface area contributed by atoms with E-state index in [-0.39, 0.29) is 0 Å². The van der Waals surface area contributed by atoms with E-state index < -0.39 is 0 Å². The quantitative estimate of drug-likeness (QED) is 0.200. The summed E-state index contributed by atoms with van der Waals surface area (Å²) >= 11 is 12.5. The van der Waals surface area contributed by atoms with Crippen molar-refractivity contribution in [3.8, 4) is 17.1 Å². The summed E-state index contributed by atoms with van der Waals surface area (Å²) in [6, 6.07) is 29.1. The fraction of sp³-hybridized carbons (Fsp3) is 0.314. The van der Waals surface area contributed by atoms with Gasteiger partial charge in [0.05, 0.1) is 33.5 Å². The monoisotopic (exact) mass is 595 g/mol. The number of nitrogens with one attached hydrogen (secondary N) is 1. The molecule has 42 heavy (non-hydrogen) atoms. The van der Waals surface area contributed by atoms with Gasteiger partial charge in [0, 0.05) is 34.0 Å². The first kappa shape index (κ1) is 27.5. The van der Waals surface area contributed by atoms with Crippen molar-refractivity contribution in [2.45, 2.75) is 44.6 Å². The molecule has 5 nitrogen and oxygen atoms in total. The molecular formula is C35H35Cl2N5. The first-order valence-electron chi connectivity index (χ1n) is 15.1. The summed E-state index contributed by atoms with van der Waals surface area (Å²) in [7, 11) is 0. The number of benzene rings is 4. The molecule has 0 saturated carbocycles. The molecule has 0 radical (unpaired) electrons. The van der Waals surface area contributed by atoms with Crippen molar-refractivity contribution in [1.29, 1.82) is 0 Å². The van der Waals surface area contributed by atoms with Crippen LogP contribution in [0.1, 0.15) is 38.5 Å². The zero-order valence-electron chi connectivity index (χ0n) is 23.6. The zero-order chi connectivity index (χ0) is 28.5. The number of hydrogen-bond acceptors (Lipinski definition) is 4. The minimum absolute atomic E-state index is 0.713. The summed E-state index contributed by atoms with van der Waals surface area (Å²) in [6.45, 7) is 3.34. The number of rotatable bonds is 6. The van der Waals surface area contributed by atoms with E-state index in [0.29, 0.717) is 10.0 Å². The third-order valence-electron chi connectivity index (χ3n) is 8.92. The van der Waals surface area contributed by atoms with Gasteiger partial charge < -0.3 is 14.8 Å². The van der Waals surface area contributed by atoms with Crippen LogP contribution >= 0.6 is 23.2 Å². The van der Waals surface area contributed by atoms with Crippen molar-refractivity contribution in [1.82, 2.24) is 14.5 Å². The minimum Gasteiger partial charge on any atom is -0.354 e. The molecule has 7 heteroatoms. The van der Waals surface area contributed by atoms with E-state index in [1.807, 2.05) is 42.5 Å². The van der Waals surface area contributed by atoms with Crippen LogP contribution in [-0.4, -0.2) is 40.1 Å². The van der Waals surface area contributed by atoms with Gasteiger partial charge >= 0.3 is 0 Å². The van der Waals surface area contributed by atoms with Gasteiger partial charge in [0.1, 0.15) is 0 Å². The number of aromatic nitrogens is 2. The molecule has 0 amide bonds. The van der Waals surface area contributed by atoms with Crippen LogP contribution in [0.15, 0.2) is 89.9 Å². The summed E-state index contributed by atoms with van der Waals surface area (Å²) in [5.41, 5.74) is 6.81. The Kier molecular flexibility index (Phi) is 7.90. The van der Waals surface area contributed by atoms with Gasteiger partial charge in [-0.05, 0) is 124 Å². The van der Waals surface area contributed by atoms with Gasteiger partial charge in [-0.2, -0.15) is 0 Å². The molecular weight excluding hydrogens is 561 g/mol. The number of fused-ring (bicyclic) bond motifs is 3. The highest BCUT2D eigenvalue weighted by Gasteiger charge is 2.32. The lowest BCUT2D eigenvalue weighted by atomic mass is 9.82. The second-order valence-electron chi connectivity index (χ2n) is 11.6. The maximum absolute atomic E-state index is 6.28. The number of para-hydroxylation sites is 2. The molecule has 4 aliphatic rings. The molecule has 2 atom stereocenters. The third-order valence-corrected chi connectivity index (χ3v) is 9.42. The molecule has 3 aromatic rings. The molecule has 0 aromatic heterocycles. The number of hydrogen-bond donors (Lipinski definition) is 1. The Hall–Kier alpha value is -3.38. The average Bonchev–Trinajstić information content (AvgIpc) is 3.02. The first-order valence-corrected chi connectivity index (χ1v) is 15.9. The molecule has 2 saturated heterocycles. The molecule has 2 fully saturated rings. The summed E-state index contributed by atoms with van der Waals surface area (Å²) in [5.74, 6) is 0.723. The van der Waals surface area contributed by atoms with Crippen LogP contribution in [-0.2, 0) is 0 Å². The molecule has 1 N–H and O–H groups in total. The standard InChI is InChI=1S/C35H35Cl2N5/c36-25-10-14-27(15-11-25)39-31-22-32-35(23-30(31)38-19-18-24-6-5-21-41-20-4-3-8-33(24)41)42(28-16-12-26(37)13-17-28)34-9-2-1-7-29(34)40-32/h1-2,7,9-17,22-24,33,39H,3-6,8,18-21H2/t24-,33+/m0/s1. The topological polar surface area (TPSA) is 45.5 Å². The Morgan fingerprint density at radius 3 is 2.43 bits per heavy atom. The van der Waals surface area contributed by atoms with Gasteiger partial charge in [-0.15, -0.1) is 0 Å². The summed E-state index contributed by atoms with van der Waals surface area (Å²) in [5, 5.41) is 5.98. The molecule has 214 valence electrons. The summed E-state index contributed by atoms with van der Waals surface area (Å²) in [6.07, 6.45) is 7.79. The lowest BCUT2D eigenvalue weighted by Crippen LogP contribution is -2.48. The summed E-state index contributed by atoms with van der Waals surface area (Å²) in [4.78, 5) is 13.1. The first-order chi connectivity index (χ1) is 20.6. The van der Waals surface area contributed by atoms with Crippen LogP contribution in [0.5, 0.6) is 0 Å². The number of piperidine rings is 2. The Morgan fingerprint density at radius 1 is 0.833 bits per heavy atom. The highest BCUT2D eigenvalue weighted by atomic mass is 35.5. The highest BCUT2D eigenvalue weighted by molar-refractivity contribution is 6.30. The third kappa shape index (κ3) is 5.66. The SMILES string of the molecule is Clc1ccc(Nc2cc3nc4ccccc4n(-c4ccc(Cl)cc4)c-3cc2=NCC[C@@H]2CCCN3CCCC[C@H]23)cc1. The van der Waals surface area contributed by atoms with Crippen LogP contribution in [0.3, 0.4) is 0 Å². The van der Waals surface area contributed by atoms with Gasteiger partial charge in [0.15, 0.2) is 0 Å². The Bertz CT molecular complexity index is 1730. The number of anilines is 2. The zero-order valence-corrected chi connectivity index (χ0v) is 25.2. The van der Waals surface area contributed by atoms with E-state index in [9.17, 15) is 0 Å². The van der Waals surface area contributed by atoms with Crippen LogP contribution in [0.4, 0.5) is 11.4 Å². The summed E-state index contributed by atoms with van der Waals surface area (Å²) < 4.78 is 2.26. The Labute approximate surface area is 257 Å². The Morgan fingerprint density at radius 2 is 1.60 bits per heavy atom. The van der Waals surface area contributed by atoms with Crippen LogP contribution in [0, 0.1) is 5.92 Å². The predicted octanol–water partition coefficient (Wildman–Crippen LogP) is 8.74. The maximum Gasteiger partial charge on any atom is 0.0900 e. The minimum atomic E-state index is 0.713. The second kappa shape index (κ2) is 12.1. The Balaban J connectivity index is 1.33. The molecule has 1 aliphatic carbocycles. The lowest BCUT2D eigenvalue weighted by Gasteiger charge is -2.44. The van der Waals surface area contributed by atoms with Crippen LogP contribution in [0.25, 0.3) is 28.1 Å². The largest absolute Gasteiger partial charge is 0.354 e. The normalized spacial score (nSPS) is 19.7. The number of halogens is 2. The van der Waals surface area contributed by atoms with Crippen molar-refractivity contribution in [2.24, 2.45) is 10.9 Å². The van der Waals surface area contributed by atoms with E-state index in [1.54, 1.807) is 0 Å². The van der Waals surface area contributed by atoms with Gasteiger partial charge in [-0.3, -0.25) is 4.99 Å². The van der Waals surface area contributed by atoms with Crippen molar-refractivity contribution < 1.29 is 0 Å². The molecule has 0 spiro atoms. The van der Waals surface area contributed by atoms with Crippen molar-refractivity contribution in [2.75, 3.05) is 25.0 Å². The van der Waals surface area contributed by atoms with Crippen molar-refractivity contribution >= 4 is 45.6 Å². The highest BCUT2D eigenvalue weighted by Crippen LogP contribution is 2.34. The average molecular weight is 597 g/mol. The van der Waals surface area contributed by atoms with E-state index in [1.165, 1.54) is 45.2 Å². The lowest BCUT2D eigenvalue weighted by molar-refractivity contribution is 0.0569. The van der Waals surface area contributed by atoms with Crippen molar-refractivity contribution in [3.05, 3.63) is 100 Å². The second-order valence-corrected chi connectivity index (χ2v) is 12.4. The van der Waals surface area contributed by atoms with Gasteiger partial charge in [-0.1, -0.05) is 41.8 Å². The molecule has 0 bridgehead atoms. The molecule has 3 aromatic carbocycles. The van der Waals surface area contributed by atoms with Gasteiger partial charge in [0.2, 0.25) is 0 Å². The smallest absolute Gasteiger partial charge is 0.0900 e. The van der Waals surface area contributed by atoms with E-state index in [4.69, 9.17) is 33.2 Å². The molecule has 0 unspecified atom stereocenters. The fourth-order valence-corrected chi connectivity index (χ4v) is 7.15. The van der Waals surface area contributed by atoms with Crippen molar-refractivity contribution in [3.63, 3.8) is 0 Å². The maximum atomic E-state index is 6.28. The number of nitrogens with zero attached hydrogens (tertiary/aromatic N) is 4. The molecule has 7 rings (SSSR count). The molecule has 3 heterocycles. The van der Waals surface area contributed by atoms with Crippen LogP contribution < -0.4 is 10.7 Å². The molecule has 3 aliphatic heterocycles. The van der Waals surface area contributed by atoms with Crippen LogP contribution in [0.2, 0.25) is 10.0 Å². The predicted molar refractivity (Wildman–Crippen MR) is 174 cm³/mol. The van der Waals surface area contributed by atoms with E-state index in [2.05, 4.69) is 57.2 Å².